The molecule has 0 saturated heterocycles. The summed E-state index contributed by atoms with van der Waals surface area (Å²) in [6.45, 7) is 3.98. The number of methoxy groups -OCH3 is 1. The molecule has 112 valence electrons. The number of aliphatic hydroxyl groups is 1. The fraction of sp³-hybridized carbons (Fsp3) is 0.500. The third kappa shape index (κ3) is 4.47. The topological polar surface area (TPSA) is 70.6 Å². The molecule has 5 nitrogen and oxygen atoms in total. The first-order valence-corrected chi connectivity index (χ1v) is 7.21. The number of anilines is 1. The van der Waals surface area contributed by atoms with E-state index < -0.39 is 5.54 Å². The van der Waals surface area contributed by atoms with Gasteiger partial charge >= 0.3 is 6.03 Å². The lowest BCUT2D eigenvalue weighted by Gasteiger charge is -2.27. The van der Waals surface area contributed by atoms with Crippen LogP contribution < -0.4 is 10.6 Å². The minimum Gasteiger partial charge on any atom is -0.394 e. The van der Waals surface area contributed by atoms with Crippen LogP contribution in [-0.2, 0) is 11.3 Å². The van der Waals surface area contributed by atoms with Crippen LogP contribution in [0.15, 0.2) is 22.7 Å². The van der Waals surface area contributed by atoms with Gasteiger partial charge in [0.25, 0.3) is 0 Å². The average Bonchev–Trinajstić information content (AvgIpc) is 2.42. The van der Waals surface area contributed by atoms with E-state index in [9.17, 15) is 9.90 Å². The maximum Gasteiger partial charge on any atom is 0.319 e. The van der Waals surface area contributed by atoms with Crippen LogP contribution in [0, 0.1) is 0 Å². The lowest BCUT2D eigenvalue weighted by Crippen LogP contribution is -2.50. The van der Waals surface area contributed by atoms with Gasteiger partial charge in [-0.1, -0.05) is 28.9 Å². The van der Waals surface area contributed by atoms with Crippen molar-refractivity contribution in [3.8, 4) is 0 Å². The summed E-state index contributed by atoms with van der Waals surface area (Å²) in [5, 5.41) is 14.9. The van der Waals surface area contributed by atoms with Gasteiger partial charge in [-0.25, -0.2) is 4.79 Å². The highest BCUT2D eigenvalue weighted by atomic mass is 79.9. The predicted octanol–water partition coefficient (Wildman–Crippen LogP) is 2.88. The van der Waals surface area contributed by atoms with Gasteiger partial charge in [-0.3, -0.25) is 0 Å². The molecule has 1 unspecified atom stereocenters. The van der Waals surface area contributed by atoms with Gasteiger partial charge in [0, 0.05) is 22.8 Å². The van der Waals surface area contributed by atoms with Crippen LogP contribution in [-0.4, -0.2) is 30.4 Å². The monoisotopic (exact) mass is 344 g/mol. The molecule has 0 spiro atoms. The van der Waals surface area contributed by atoms with Crippen molar-refractivity contribution in [3.63, 3.8) is 0 Å². The molecule has 20 heavy (non-hydrogen) atoms. The number of rotatable bonds is 6. The second-order valence-electron chi connectivity index (χ2n) is 4.85. The normalized spacial score (nSPS) is 13.7. The molecule has 2 amide bonds. The number of benzene rings is 1. The molecule has 1 aromatic rings. The number of amides is 2. The van der Waals surface area contributed by atoms with Crippen molar-refractivity contribution in [2.24, 2.45) is 0 Å². The predicted molar refractivity (Wildman–Crippen MR) is 82.8 cm³/mol. The van der Waals surface area contributed by atoms with Crippen LogP contribution in [0.25, 0.3) is 0 Å². The smallest absolute Gasteiger partial charge is 0.319 e. The highest BCUT2D eigenvalue weighted by Crippen LogP contribution is 2.25. The Balaban J connectivity index is 2.83. The zero-order chi connectivity index (χ0) is 15.2. The highest BCUT2D eigenvalue weighted by molar-refractivity contribution is 9.10. The first-order chi connectivity index (χ1) is 9.45. The molecule has 0 aliphatic rings. The van der Waals surface area contributed by atoms with Crippen LogP contribution in [0.2, 0.25) is 0 Å². The summed E-state index contributed by atoms with van der Waals surface area (Å²) >= 11 is 3.44. The van der Waals surface area contributed by atoms with Crippen molar-refractivity contribution in [1.29, 1.82) is 0 Å². The molecule has 3 N–H and O–H groups in total. The maximum atomic E-state index is 12.0. The average molecular weight is 345 g/mol. The Morgan fingerprint density at radius 3 is 2.75 bits per heavy atom. The lowest BCUT2D eigenvalue weighted by molar-refractivity contribution is 0.172. The number of aliphatic hydroxyl groups excluding tert-OH is 1. The number of nitrogens with one attached hydrogen (secondary N) is 2. The lowest BCUT2D eigenvalue weighted by atomic mass is 10.0. The van der Waals surface area contributed by atoms with Crippen LogP contribution in [0.3, 0.4) is 0 Å². The molecule has 0 aliphatic carbocycles. The number of halogens is 1. The van der Waals surface area contributed by atoms with Gasteiger partial charge in [0.05, 0.1) is 18.8 Å². The minimum absolute atomic E-state index is 0.111. The van der Waals surface area contributed by atoms with Gasteiger partial charge in [0.2, 0.25) is 0 Å². The molecule has 0 saturated carbocycles. The van der Waals surface area contributed by atoms with Crippen molar-refractivity contribution in [1.82, 2.24) is 5.32 Å². The standard InChI is InChI=1S/C14H21BrN2O3/c1-4-14(2,9-18)17-13(19)16-12-7-5-6-11(15)10(12)8-20-3/h5-7,18H,4,8-9H2,1-3H3,(H2,16,17,19). The van der Waals surface area contributed by atoms with E-state index in [0.717, 1.165) is 10.0 Å². The maximum absolute atomic E-state index is 12.0. The highest BCUT2D eigenvalue weighted by Gasteiger charge is 2.23. The van der Waals surface area contributed by atoms with E-state index in [1.54, 1.807) is 20.1 Å². The Labute approximate surface area is 127 Å². The number of carbonyl (C=O) groups is 1. The molecule has 0 aliphatic heterocycles. The molecule has 0 fully saturated rings. The van der Waals surface area contributed by atoms with Gasteiger partial charge in [0.1, 0.15) is 0 Å². The molecule has 1 rings (SSSR count). The quantitative estimate of drug-likeness (QED) is 0.743. The van der Waals surface area contributed by atoms with E-state index in [1.807, 2.05) is 19.1 Å². The van der Waals surface area contributed by atoms with Crippen LogP contribution >= 0.6 is 15.9 Å². The summed E-state index contributed by atoms with van der Waals surface area (Å²) < 4.78 is 6.01. The third-order valence-corrected chi connectivity index (χ3v) is 3.94. The summed E-state index contributed by atoms with van der Waals surface area (Å²) in [5.74, 6) is 0. The van der Waals surface area contributed by atoms with Gasteiger partial charge < -0.3 is 20.5 Å². The second-order valence-corrected chi connectivity index (χ2v) is 5.70. The van der Waals surface area contributed by atoms with Crippen molar-refractivity contribution < 1.29 is 14.6 Å². The van der Waals surface area contributed by atoms with E-state index in [0.29, 0.717) is 18.7 Å². The molecular formula is C14H21BrN2O3. The Bertz CT molecular complexity index is 462. The summed E-state index contributed by atoms with van der Waals surface area (Å²) in [4.78, 5) is 12.0. The van der Waals surface area contributed by atoms with Gasteiger partial charge in [-0.05, 0) is 25.5 Å². The SMILES string of the molecule is CCC(C)(CO)NC(=O)Nc1cccc(Br)c1COC. The first-order valence-electron chi connectivity index (χ1n) is 6.42. The van der Waals surface area contributed by atoms with Crippen LogP contribution in [0.5, 0.6) is 0 Å². The van der Waals surface area contributed by atoms with Crippen molar-refractivity contribution in [3.05, 3.63) is 28.2 Å². The molecular weight excluding hydrogens is 324 g/mol. The molecule has 1 aromatic carbocycles. The number of hydrogen-bond acceptors (Lipinski definition) is 3. The van der Waals surface area contributed by atoms with Gasteiger partial charge in [0.15, 0.2) is 0 Å². The Morgan fingerprint density at radius 1 is 1.50 bits per heavy atom. The molecule has 0 aromatic heterocycles. The molecule has 0 heterocycles. The van der Waals surface area contributed by atoms with E-state index in [-0.39, 0.29) is 12.6 Å². The van der Waals surface area contributed by atoms with E-state index >= 15 is 0 Å². The van der Waals surface area contributed by atoms with E-state index in [1.165, 1.54) is 0 Å². The summed E-state index contributed by atoms with van der Waals surface area (Å²) in [6, 6.07) is 5.19. The van der Waals surface area contributed by atoms with Crippen molar-refractivity contribution in [2.45, 2.75) is 32.4 Å². The van der Waals surface area contributed by atoms with Crippen LogP contribution in [0.1, 0.15) is 25.8 Å². The second kappa shape index (κ2) is 7.61. The fourth-order valence-corrected chi connectivity index (χ4v) is 2.11. The third-order valence-electron chi connectivity index (χ3n) is 3.20. The van der Waals surface area contributed by atoms with Gasteiger partial charge in [-0.15, -0.1) is 0 Å². The molecule has 6 heteroatoms. The zero-order valence-corrected chi connectivity index (χ0v) is 13.6. The first kappa shape index (κ1) is 16.9. The van der Waals surface area contributed by atoms with Crippen molar-refractivity contribution >= 4 is 27.6 Å². The largest absolute Gasteiger partial charge is 0.394 e. The molecule has 1 atom stereocenters. The molecule has 0 radical (unpaired) electrons. The van der Waals surface area contributed by atoms with E-state index in [2.05, 4.69) is 26.6 Å². The molecule has 0 bridgehead atoms. The number of carbonyl (C=O) groups excluding carboxylic acids is 1. The Morgan fingerprint density at radius 2 is 2.20 bits per heavy atom. The zero-order valence-electron chi connectivity index (χ0n) is 12.0. The van der Waals surface area contributed by atoms with Gasteiger partial charge in [-0.2, -0.15) is 0 Å². The summed E-state index contributed by atoms with van der Waals surface area (Å²) in [7, 11) is 1.60. The Hall–Kier alpha value is -1.11. The number of urea groups is 1. The van der Waals surface area contributed by atoms with E-state index in [4.69, 9.17) is 4.74 Å². The summed E-state index contributed by atoms with van der Waals surface area (Å²) in [6.07, 6.45) is 0.639. The summed E-state index contributed by atoms with van der Waals surface area (Å²) in [5.41, 5.74) is 0.916. The van der Waals surface area contributed by atoms with Crippen LogP contribution in [0.4, 0.5) is 10.5 Å². The minimum atomic E-state index is -0.627. The fourth-order valence-electron chi connectivity index (χ4n) is 1.63. The number of hydrogen-bond donors (Lipinski definition) is 3. The van der Waals surface area contributed by atoms with Crippen molar-refractivity contribution in [2.75, 3.05) is 19.0 Å². The number of ether oxygens (including phenoxy) is 1. The Kier molecular flexibility index (Phi) is 6.45.